The van der Waals surface area contributed by atoms with Crippen molar-refractivity contribution in [2.45, 2.75) is 45.2 Å². The van der Waals surface area contributed by atoms with E-state index in [1.165, 1.54) is 0 Å². The van der Waals surface area contributed by atoms with Crippen molar-refractivity contribution in [3.8, 4) is 0 Å². The van der Waals surface area contributed by atoms with Crippen molar-refractivity contribution in [3.05, 3.63) is 35.9 Å². The maximum Gasteiger partial charge on any atom is 0.338 e. The summed E-state index contributed by atoms with van der Waals surface area (Å²) in [5.74, 6) is -0.494. The summed E-state index contributed by atoms with van der Waals surface area (Å²) in [5.41, 5.74) is 0.480. The van der Waals surface area contributed by atoms with Crippen LogP contribution in [0.25, 0.3) is 0 Å². The Bertz CT molecular complexity index is 431. The fourth-order valence-electron chi connectivity index (χ4n) is 2.33. The molecule has 2 rings (SSSR count). The van der Waals surface area contributed by atoms with Crippen LogP contribution in [0.3, 0.4) is 0 Å². The third kappa shape index (κ3) is 2.96. The number of ether oxygens (including phenoxy) is 2. The maximum atomic E-state index is 12.0. The van der Waals surface area contributed by atoms with Crippen LogP contribution in [0, 0.1) is 5.92 Å². The molecule has 1 heterocycles. The highest BCUT2D eigenvalue weighted by Gasteiger charge is 2.41. The fraction of sp³-hybridized carbons (Fsp3) is 0.533. The number of rotatable bonds is 2. The molecule has 5 atom stereocenters. The molecule has 0 aliphatic carbocycles. The van der Waals surface area contributed by atoms with Gasteiger partial charge in [0.2, 0.25) is 0 Å². The molecule has 1 N–H and O–H groups in total. The summed E-state index contributed by atoms with van der Waals surface area (Å²) in [4.78, 5) is 12.0. The van der Waals surface area contributed by atoms with Crippen LogP contribution < -0.4 is 0 Å². The Balaban J connectivity index is 2.08. The fourth-order valence-corrected chi connectivity index (χ4v) is 2.33. The highest BCUT2D eigenvalue weighted by molar-refractivity contribution is 5.89. The molecule has 0 bridgehead atoms. The van der Waals surface area contributed by atoms with Crippen molar-refractivity contribution < 1.29 is 19.4 Å². The van der Waals surface area contributed by atoms with E-state index >= 15 is 0 Å². The van der Waals surface area contributed by atoms with Crippen LogP contribution in [0.5, 0.6) is 0 Å². The van der Waals surface area contributed by atoms with Gasteiger partial charge in [-0.3, -0.25) is 0 Å². The van der Waals surface area contributed by atoms with Crippen LogP contribution in [0.15, 0.2) is 30.3 Å². The third-order valence-electron chi connectivity index (χ3n) is 3.76. The predicted molar refractivity (Wildman–Crippen MR) is 70.8 cm³/mol. The minimum atomic E-state index is -0.702. The second kappa shape index (κ2) is 5.72. The molecule has 1 saturated heterocycles. The van der Waals surface area contributed by atoms with E-state index in [2.05, 4.69) is 0 Å². The van der Waals surface area contributed by atoms with Gasteiger partial charge in [-0.2, -0.15) is 0 Å². The van der Waals surface area contributed by atoms with Gasteiger partial charge in [-0.05, 0) is 26.0 Å². The largest absolute Gasteiger partial charge is 0.453 e. The number of benzene rings is 1. The molecule has 1 aliphatic rings. The molecule has 1 aromatic rings. The van der Waals surface area contributed by atoms with E-state index in [1.807, 2.05) is 26.8 Å². The first kappa shape index (κ1) is 14.0. The number of aliphatic hydroxyl groups is 1. The van der Waals surface area contributed by atoms with E-state index in [0.29, 0.717) is 5.56 Å². The highest BCUT2D eigenvalue weighted by atomic mass is 16.6. The molecule has 1 aliphatic heterocycles. The van der Waals surface area contributed by atoms with Gasteiger partial charge >= 0.3 is 5.97 Å². The summed E-state index contributed by atoms with van der Waals surface area (Å²) < 4.78 is 11.1. The average Bonchev–Trinajstić information content (AvgIpc) is 2.42. The maximum absolute atomic E-state index is 12.0. The van der Waals surface area contributed by atoms with E-state index in [1.54, 1.807) is 24.3 Å². The number of hydrogen-bond acceptors (Lipinski definition) is 4. The molecule has 1 fully saturated rings. The summed E-state index contributed by atoms with van der Waals surface area (Å²) >= 11 is 0. The number of hydrogen-bond donors (Lipinski definition) is 1. The zero-order valence-electron chi connectivity index (χ0n) is 11.4. The number of aliphatic hydroxyl groups excluding tert-OH is 1. The lowest BCUT2D eigenvalue weighted by molar-refractivity contribution is -0.185. The molecule has 0 amide bonds. The zero-order chi connectivity index (χ0) is 14.0. The van der Waals surface area contributed by atoms with Crippen molar-refractivity contribution in [3.63, 3.8) is 0 Å². The van der Waals surface area contributed by atoms with Gasteiger partial charge < -0.3 is 14.6 Å². The van der Waals surface area contributed by atoms with Crippen LogP contribution in [-0.4, -0.2) is 35.5 Å². The van der Waals surface area contributed by atoms with Gasteiger partial charge in [0.25, 0.3) is 0 Å². The van der Waals surface area contributed by atoms with E-state index in [0.717, 1.165) is 0 Å². The molecule has 4 nitrogen and oxygen atoms in total. The predicted octanol–water partition coefficient (Wildman–Crippen LogP) is 2.02. The summed E-state index contributed by atoms with van der Waals surface area (Å²) in [6.07, 6.45) is -1.68. The molecule has 4 heteroatoms. The lowest BCUT2D eigenvalue weighted by Crippen LogP contribution is -2.53. The summed E-state index contributed by atoms with van der Waals surface area (Å²) in [7, 11) is 0. The molecule has 0 spiro atoms. The van der Waals surface area contributed by atoms with Gasteiger partial charge in [0.15, 0.2) is 6.10 Å². The molecule has 0 saturated carbocycles. The van der Waals surface area contributed by atoms with Gasteiger partial charge in [0, 0.05) is 5.92 Å². The normalized spacial score (nSPS) is 34.8. The topological polar surface area (TPSA) is 55.8 Å². The van der Waals surface area contributed by atoms with Gasteiger partial charge in [-0.15, -0.1) is 0 Å². The van der Waals surface area contributed by atoms with E-state index in [-0.39, 0.29) is 18.1 Å². The van der Waals surface area contributed by atoms with Crippen molar-refractivity contribution in [2.24, 2.45) is 5.92 Å². The minimum absolute atomic E-state index is 0.0447. The van der Waals surface area contributed by atoms with Gasteiger partial charge in [-0.1, -0.05) is 25.1 Å². The first-order valence-corrected chi connectivity index (χ1v) is 6.60. The summed E-state index contributed by atoms with van der Waals surface area (Å²) in [5, 5.41) is 10.2. The quantitative estimate of drug-likeness (QED) is 0.830. The Morgan fingerprint density at radius 3 is 2.42 bits per heavy atom. The molecular weight excluding hydrogens is 244 g/mol. The van der Waals surface area contributed by atoms with Crippen LogP contribution in [-0.2, 0) is 9.47 Å². The Kier molecular flexibility index (Phi) is 4.22. The monoisotopic (exact) mass is 264 g/mol. The highest BCUT2D eigenvalue weighted by Crippen LogP contribution is 2.28. The molecular formula is C15H20O4. The molecule has 0 radical (unpaired) electrons. The van der Waals surface area contributed by atoms with E-state index < -0.39 is 18.2 Å². The summed E-state index contributed by atoms with van der Waals surface area (Å²) in [6.45, 7) is 5.62. The summed E-state index contributed by atoms with van der Waals surface area (Å²) in [6, 6.07) is 8.77. The number of esters is 1. The van der Waals surface area contributed by atoms with E-state index in [9.17, 15) is 9.90 Å². The molecule has 0 aromatic heterocycles. The molecule has 104 valence electrons. The Morgan fingerprint density at radius 1 is 1.16 bits per heavy atom. The van der Waals surface area contributed by atoms with Crippen LogP contribution in [0.4, 0.5) is 0 Å². The number of carbonyl (C=O) groups excluding carboxylic acids is 1. The number of carbonyl (C=O) groups is 1. The Morgan fingerprint density at radius 2 is 1.79 bits per heavy atom. The molecule has 19 heavy (non-hydrogen) atoms. The van der Waals surface area contributed by atoms with Gasteiger partial charge in [0.1, 0.15) is 0 Å². The van der Waals surface area contributed by atoms with Crippen molar-refractivity contribution in [2.75, 3.05) is 0 Å². The minimum Gasteiger partial charge on any atom is -0.453 e. The first-order chi connectivity index (χ1) is 9.00. The second-order valence-corrected chi connectivity index (χ2v) is 5.13. The Hall–Kier alpha value is -1.39. The first-order valence-electron chi connectivity index (χ1n) is 6.60. The lowest BCUT2D eigenvalue weighted by Gasteiger charge is -2.40. The lowest BCUT2D eigenvalue weighted by atomic mass is 9.89. The standard InChI is InChI=1S/C15H20O4/c1-9-10(2)18-11(3)14(13(9)16)19-15(17)12-7-5-4-6-8-12/h4-11,13-14,16H,1-3H3/t9-,10?,11-,13-,14?/m0/s1. The van der Waals surface area contributed by atoms with Crippen LogP contribution >= 0.6 is 0 Å². The van der Waals surface area contributed by atoms with Crippen molar-refractivity contribution >= 4 is 5.97 Å². The van der Waals surface area contributed by atoms with Crippen LogP contribution in [0.1, 0.15) is 31.1 Å². The molecule has 1 aromatic carbocycles. The van der Waals surface area contributed by atoms with Crippen molar-refractivity contribution in [1.29, 1.82) is 0 Å². The second-order valence-electron chi connectivity index (χ2n) is 5.13. The van der Waals surface area contributed by atoms with Gasteiger partial charge in [-0.25, -0.2) is 4.79 Å². The third-order valence-corrected chi connectivity index (χ3v) is 3.76. The van der Waals surface area contributed by atoms with Crippen molar-refractivity contribution in [1.82, 2.24) is 0 Å². The smallest absolute Gasteiger partial charge is 0.338 e. The SMILES string of the molecule is CC1O[C@@H](C)C(OC(=O)c2ccccc2)[C@@H](O)[C@H]1C. The van der Waals surface area contributed by atoms with Crippen LogP contribution in [0.2, 0.25) is 0 Å². The molecule has 2 unspecified atom stereocenters. The Labute approximate surface area is 113 Å². The van der Waals surface area contributed by atoms with E-state index in [4.69, 9.17) is 9.47 Å². The zero-order valence-corrected chi connectivity index (χ0v) is 11.4. The average molecular weight is 264 g/mol. The van der Waals surface area contributed by atoms with Gasteiger partial charge in [0.05, 0.1) is 23.9 Å².